The van der Waals surface area contributed by atoms with E-state index < -0.39 is 0 Å². The van der Waals surface area contributed by atoms with Crippen molar-refractivity contribution in [1.29, 1.82) is 0 Å². The predicted octanol–water partition coefficient (Wildman–Crippen LogP) is 1.97. The average Bonchev–Trinajstić information content (AvgIpc) is 2.37. The summed E-state index contributed by atoms with van der Waals surface area (Å²) >= 11 is 0. The second-order valence-electron chi connectivity index (χ2n) is 5.45. The van der Waals surface area contributed by atoms with Crippen molar-refractivity contribution in [2.75, 3.05) is 19.8 Å². The van der Waals surface area contributed by atoms with E-state index >= 15 is 0 Å². The van der Waals surface area contributed by atoms with E-state index in [1.165, 1.54) is 36.2 Å². The van der Waals surface area contributed by atoms with E-state index in [9.17, 15) is 0 Å². The van der Waals surface area contributed by atoms with E-state index in [0.717, 1.165) is 45.0 Å². The van der Waals surface area contributed by atoms with Crippen LogP contribution in [0.15, 0.2) is 0 Å². The van der Waals surface area contributed by atoms with Crippen molar-refractivity contribution < 1.29 is 4.74 Å². The molecule has 104 valence electrons. The minimum atomic E-state index is 0.683. The summed E-state index contributed by atoms with van der Waals surface area (Å²) in [7, 11) is 0. The molecular formula is C15H23N3O. The number of aromatic nitrogens is 2. The molecule has 0 spiro atoms. The maximum atomic E-state index is 5.43. The SMILES string of the molecule is CCOCCc1nc2c(c(C3CCC3)n1)CNCC2. The third-order valence-corrected chi connectivity index (χ3v) is 4.18. The minimum absolute atomic E-state index is 0.683. The first-order chi connectivity index (χ1) is 9.38. The van der Waals surface area contributed by atoms with Gasteiger partial charge in [-0.15, -0.1) is 0 Å². The molecule has 1 aliphatic heterocycles. The van der Waals surface area contributed by atoms with E-state index in [-0.39, 0.29) is 0 Å². The van der Waals surface area contributed by atoms with Crippen molar-refractivity contribution in [2.45, 2.75) is 51.5 Å². The summed E-state index contributed by atoms with van der Waals surface area (Å²) < 4.78 is 5.43. The molecule has 0 atom stereocenters. The third-order valence-electron chi connectivity index (χ3n) is 4.18. The van der Waals surface area contributed by atoms with Gasteiger partial charge in [0.1, 0.15) is 5.82 Å². The van der Waals surface area contributed by atoms with Gasteiger partial charge in [0.2, 0.25) is 0 Å². The lowest BCUT2D eigenvalue weighted by atomic mass is 9.80. The molecule has 1 N–H and O–H groups in total. The van der Waals surface area contributed by atoms with Crippen LogP contribution in [-0.2, 0) is 24.1 Å². The monoisotopic (exact) mass is 261 g/mol. The Hall–Kier alpha value is -1.00. The first kappa shape index (κ1) is 13.0. The summed E-state index contributed by atoms with van der Waals surface area (Å²) in [5, 5.41) is 3.45. The fraction of sp³-hybridized carbons (Fsp3) is 0.733. The summed E-state index contributed by atoms with van der Waals surface area (Å²) in [4.78, 5) is 9.60. The van der Waals surface area contributed by atoms with Crippen LogP contribution in [0.4, 0.5) is 0 Å². The summed E-state index contributed by atoms with van der Waals surface area (Å²) in [6.45, 7) is 5.52. The average molecular weight is 261 g/mol. The summed E-state index contributed by atoms with van der Waals surface area (Å²) in [5.74, 6) is 1.67. The van der Waals surface area contributed by atoms with E-state index in [1.54, 1.807) is 0 Å². The Kier molecular flexibility index (Phi) is 4.09. The van der Waals surface area contributed by atoms with Gasteiger partial charge in [0, 0.05) is 44.0 Å². The number of nitrogens with one attached hydrogen (secondary N) is 1. The van der Waals surface area contributed by atoms with Crippen molar-refractivity contribution in [3.63, 3.8) is 0 Å². The van der Waals surface area contributed by atoms with Crippen LogP contribution in [-0.4, -0.2) is 29.7 Å². The van der Waals surface area contributed by atoms with Crippen molar-refractivity contribution in [3.05, 3.63) is 22.8 Å². The van der Waals surface area contributed by atoms with E-state index in [1.807, 2.05) is 6.92 Å². The van der Waals surface area contributed by atoms with Crippen LogP contribution in [0.3, 0.4) is 0 Å². The molecule has 4 heteroatoms. The zero-order valence-corrected chi connectivity index (χ0v) is 11.7. The molecule has 0 saturated heterocycles. The van der Waals surface area contributed by atoms with Crippen molar-refractivity contribution in [3.8, 4) is 0 Å². The summed E-state index contributed by atoms with van der Waals surface area (Å²) in [5.41, 5.74) is 3.99. The van der Waals surface area contributed by atoms with Gasteiger partial charge >= 0.3 is 0 Å². The van der Waals surface area contributed by atoms with Crippen LogP contribution in [0.2, 0.25) is 0 Å². The fourth-order valence-corrected chi connectivity index (χ4v) is 2.86. The maximum Gasteiger partial charge on any atom is 0.131 e. The minimum Gasteiger partial charge on any atom is -0.381 e. The largest absolute Gasteiger partial charge is 0.381 e. The molecule has 19 heavy (non-hydrogen) atoms. The van der Waals surface area contributed by atoms with Crippen molar-refractivity contribution in [2.24, 2.45) is 0 Å². The molecule has 2 heterocycles. The molecule has 1 fully saturated rings. The molecule has 1 aliphatic carbocycles. The Balaban J connectivity index is 1.84. The normalized spacial score (nSPS) is 19.0. The molecule has 1 saturated carbocycles. The molecule has 0 radical (unpaired) electrons. The number of rotatable bonds is 5. The molecule has 4 nitrogen and oxygen atoms in total. The lowest BCUT2D eigenvalue weighted by Gasteiger charge is -2.29. The zero-order chi connectivity index (χ0) is 13.1. The Morgan fingerprint density at radius 1 is 1.32 bits per heavy atom. The fourth-order valence-electron chi connectivity index (χ4n) is 2.86. The number of nitrogens with zero attached hydrogens (tertiary/aromatic N) is 2. The van der Waals surface area contributed by atoms with Gasteiger partial charge in [-0.25, -0.2) is 9.97 Å². The van der Waals surface area contributed by atoms with Gasteiger partial charge < -0.3 is 10.1 Å². The van der Waals surface area contributed by atoms with Gasteiger partial charge in [0.05, 0.1) is 18.0 Å². The lowest BCUT2D eigenvalue weighted by molar-refractivity contribution is 0.149. The molecule has 0 aromatic carbocycles. The molecule has 2 aliphatic rings. The quantitative estimate of drug-likeness (QED) is 0.823. The van der Waals surface area contributed by atoms with Gasteiger partial charge in [0.15, 0.2) is 0 Å². The van der Waals surface area contributed by atoms with E-state index in [0.29, 0.717) is 5.92 Å². The first-order valence-corrected chi connectivity index (χ1v) is 7.55. The zero-order valence-electron chi connectivity index (χ0n) is 11.7. The van der Waals surface area contributed by atoms with Gasteiger partial charge in [-0.2, -0.15) is 0 Å². The number of hydrogen-bond acceptors (Lipinski definition) is 4. The Morgan fingerprint density at radius 2 is 2.21 bits per heavy atom. The van der Waals surface area contributed by atoms with Crippen LogP contribution < -0.4 is 5.32 Å². The number of hydrogen-bond donors (Lipinski definition) is 1. The second-order valence-corrected chi connectivity index (χ2v) is 5.45. The Bertz CT molecular complexity index is 443. The second kappa shape index (κ2) is 5.97. The van der Waals surface area contributed by atoms with Crippen LogP contribution in [0.5, 0.6) is 0 Å². The van der Waals surface area contributed by atoms with Gasteiger partial charge in [-0.05, 0) is 19.8 Å². The van der Waals surface area contributed by atoms with Crippen LogP contribution in [0.1, 0.15) is 54.9 Å². The molecular weight excluding hydrogens is 238 g/mol. The van der Waals surface area contributed by atoms with Crippen LogP contribution in [0, 0.1) is 0 Å². The number of fused-ring (bicyclic) bond motifs is 1. The highest BCUT2D eigenvalue weighted by Crippen LogP contribution is 2.38. The molecule has 1 aromatic rings. The Morgan fingerprint density at radius 3 is 2.95 bits per heavy atom. The lowest BCUT2D eigenvalue weighted by Crippen LogP contribution is -2.29. The van der Waals surface area contributed by atoms with Crippen molar-refractivity contribution in [1.82, 2.24) is 15.3 Å². The Labute approximate surface area is 115 Å². The highest BCUT2D eigenvalue weighted by atomic mass is 16.5. The molecule has 0 unspecified atom stereocenters. The van der Waals surface area contributed by atoms with E-state index in [4.69, 9.17) is 14.7 Å². The highest BCUT2D eigenvalue weighted by Gasteiger charge is 2.27. The number of ether oxygens (including phenoxy) is 1. The third kappa shape index (κ3) is 2.79. The van der Waals surface area contributed by atoms with E-state index in [2.05, 4.69) is 5.32 Å². The molecule has 3 rings (SSSR count). The predicted molar refractivity (Wildman–Crippen MR) is 74.2 cm³/mol. The summed E-state index contributed by atoms with van der Waals surface area (Å²) in [6, 6.07) is 0. The van der Waals surface area contributed by atoms with Crippen LogP contribution >= 0.6 is 0 Å². The molecule has 1 aromatic heterocycles. The molecule has 0 bridgehead atoms. The maximum absolute atomic E-state index is 5.43. The van der Waals surface area contributed by atoms with Crippen molar-refractivity contribution >= 4 is 0 Å². The van der Waals surface area contributed by atoms with Crippen LogP contribution in [0.25, 0.3) is 0 Å². The first-order valence-electron chi connectivity index (χ1n) is 7.55. The van der Waals surface area contributed by atoms with Gasteiger partial charge in [-0.3, -0.25) is 0 Å². The topological polar surface area (TPSA) is 47.0 Å². The standard InChI is InChI=1S/C15H23N3O/c1-2-19-9-7-14-17-13-6-8-16-10-12(13)15(18-14)11-4-3-5-11/h11,16H,2-10H2,1H3. The highest BCUT2D eigenvalue weighted by molar-refractivity contribution is 5.31. The smallest absolute Gasteiger partial charge is 0.131 e. The molecule has 0 amide bonds. The van der Waals surface area contributed by atoms with Gasteiger partial charge in [0.25, 0.3) is 0 Å². The van der Waals surface area contributed by atoms with Gasteiger partial charge in [-0.1, -0.05) is 6.42 Å². The summed E-state index contributed by atoms with van der Waals surface area (Å²) in [6.07, 6.45) is 5.83.